The second-order valence-electron chi connectivity index (χ2n) is 21.0. The van der Waals surface area contributed by atoms with Crippen LogP contribution in [0.2, 0.25) is 0 Å². The maximum absolute atomic E-state index is 16.2. The Morgan fingerprint density at radius 2 is 0.261 bits per heavy atom. The van der Waals surface area contributed by atoms with Crippen molar-refractivity contribution in [3.8, 4) is 0 Å². The Kier molecular flexibility index (Phi) is 16.2. The van der Waals surface area contributed by atoms with E-state index in [1.807, 2.05) is 0 Å². The molecule has 0 aromatic carbocycles. The molecule has 9 fully saturated rings. The molecule has 0 N–H and O–H groups in total. The van der Waals surface area contributed by atoms with Crippen LogP contribution in [0.15, 0.2) is 0 Å². The van der Waals surface area contributed by atoms with Crippen LogP contribution in [-0.4, -0.2) is 172 Å². The van der Waals surface area contributed by atoms with Gasteiger partial charge < -0.3 is 21.3 Å². The third-order valence-corrected chi connectivity index (χ3v) is 17.7. The number of alkyl halides is 20. The largest absolute Gasteiger partial charge is 0.656 e. The molecule has 0 aromatic rings. The van der Waals surface area contributed by atoms with Gasteiger partial charge in [0.2, 0.25) is 0 Å². The van der Waals surface area contributed by atoms with Crippen LogP contribution < -0.4 is 0 Å². The molecule has 0 aromatic heterocycles. The van der Waals surface area contributed by atoms with Crippen molar-refractivity contribution in [3.05, 3.63) is 21.3 Å². The molecule has 8 bridgehead atoms. The molecule has 24 atom stereocenters. The molecule has 69 heavy (non-hydrogen) atoms. The predicted molar refractivity (Wildman–Crippen MR) is 207 cm³/mol. The molecule has 0 amide bonds. The zero-order chi connectivity index (χ0) is 49.3. The summed E-state index contributed by atoms with van der Waals surface area (Å²) in [5.41, 5.74) is 0. The van der Waals surface area contributed by atoms with Gasteiger partial charge in [-0.2, -0.15) is 0 Å². The summed E-state index contributed by atoms with van der Waals surface area (Å²) in [6, 6.07) is -12.4. The predicted octanol–water partition coefficient (Wildman–Crippen LogP) is 11.4. The van der Waals surface area contributed by atoms with Crippen molar-refractivity contribution in [3.63, 3.8) is 0 Å². The standard InChI is InChI=1S/C44H52F20N4.Ni/c45-25-21(26(46)34(54)41(61)33(25)53)17-9-1-2-10(65-9)18(22-27(47)35(55)42(62)36(56)28(22)48)12-5-6-14(67-12)20(24-31(51)39(59)44(64)40(60)32(24)52)16-8-7-15(68-16)19(13-4-3-11(17)66-13)23-29(49)37(57)43(63)38(58)30(23)50;/h9-44H,1-8H2;/q-4;. The third-order valence-electron chi connectivity index (χ3n) is 17.7. The van der Waals surface area contributed by atoms with E-state index in [-0.39, 0.29) is 67.9 Å². The van der Waals surface area contributed by atoms with E-state index in [2.05, 4.69) is 21.3 Å². The summed E-state index contributed by atoms with van der Waals surface area (Å²) in [5, 5.41) is 18.4. The van der Waals surface area contributed by atoms with Crippen LogP contribution in [0.1, 0.15) is 51.4 Å². The van der Waals surface area contributed by atoms with Gasteiger partial charge in [-0.05, 0) is 0 Å². The SMILES string of the molecule is FC1C(F)C(F)C(C2C3CCC([N-]3)C(C3C(F)C(F)C(F)C(F)C3F)C3CCC([N-]3)C(C3C(F)C(F)C(F)C(F)C3F)C3CCC([N-]3)C(C3C(F)C(F)C(F)C(F)C3F)C3CCC2[N-]3)C(F)C1F.[Ni]. The number of fused-ring (bicyclic) bond motifs is 8. The minimum atomic E-state index is -3.29. The maximum atomic E-state index is 16.2. The fourth-order valence-electron chi connectivity index (χ4n) is 14.6. The molecule has 402 valence electrons. The normalized spacial score (nSPS) is 61.4. The Labute approximate surface area is 395 Å². The van der Waals surface area contributed by atoms with Gasteiger partial charge in [-0.15, -0.1) is 48.3 Å². The molecule has 9 aliphatic rings. The Balaban J connectivity index is 0.00000642. The number of rotatable bonds is 4. The van der Waals surface area contributed by atoms with Crippen LogP contribution in [0, 0.1) is 47.3 Å². The Hall–Kier alpha value is -1.07. The van der Waals surface area contributed by atoms with Crippen molar-refractivity contribution < 1.29 is 104 Å². The molecule has 25 heteroatoms. The number of hydrogen-bond donors (Lipinski definition) is 0. The Morgan fingerprint density at radius 3 is 0.377 bits per heavy atom. The second kappa shape index (κ2) is 20.6. The quantitative estimate of drug-likeness (QED) is 0.199. The van der Waals surface area contributed by atoms with Gasteiger partial charge in [0.05, 0.1) is 0 Å². The van der Waals surface area contributed by atoms with Crippen LogP contribution in [0.4, 0.5) is 87.8 Å². The van der Waals surface area contributed by atoms with E-state index in [4.69, 9.17) is 0 Å². The second-order valence-corrected chi connectivity index (χ2v) is 21.0. The van der Waals surface area contributed by atoms with Gasteiger partial charge in [-0.3, -0.25) is 0 Å². The zero-order valence-electron chi connectivity index (χ0n) is 36.1. The van der Waals surface area contributed by atoms with Crippen LogP contribution in [0.3, 0.4) is 0 Å². The van der Waals surface area contributed by atoms with E-state index >= 15 is 70.2 Å². The zero-order valence-corrected chi connectivity index (χ0v) is 37.1. The first-order valence-corrected chi connectivity index (χ1v) is 23.7. The van der Waals surface area contributed by atoms with Gasteiger partial charge in [-0.25, -0.2) is 87.8 Å². The van der Waals surface area contributed by atoms with Gasteiger partial charge in [0, 0.05) is 40.2 Å². The van der Waals surface area contributed by atoms with Crippen molar-refractivity contribution in [2.24, 2.45) is 47.3 Å². The molecular weight excluding hydrogens is 1020 g/mol. The van der Waals surface area contributed by atoms with Crippen molar-refractivity contribution in [1.82, 2.24) is 0 Å². The van der Waals surface area contributed by atoms with Gasteiger partial charge in [-0.1, -0.05) is 75.0 Å². The van der Waals surface area contributed by atoms with Crippen LogP contribution in [0.5, 0.6) is 0 Å². The first-order valence-electron chi connectivity index (χ1n) is 23.7. The van der Waals surface area contributed by atoms with E-state index in [1.165, 1.54) is 0 Å². The summed E-state index contributed by atoms with van der Waals surface area (Å²) < 4.78 is 310. The summed E-state index contributed by atoms with van der Waals surface area (Å²) >= 11 is 0. The van der Waals surface area contributed by atoms with Crippen LogP contribution in [-0.2, 0) is 16.5 Å². The van der Waals surface area contributed by atoms with E-state index in [1.54, 1.807) is 0 Å². The van der Waals surface area contributed by atoms with Crippen molar-refractivity contribution in [1.29, 1.82) is 0 Å². The number of hydrogen-bond acceptors (Lipinski definition) is 0. The average molecular weight is 1080 g/mol. The van der Waals surface area contributed by atoms with E-state index in [0.717, 1.165) is 0 Å². The molecular formula is C44H52F20N4Ni-4. The molecule has 9 rings (SSSR count). The van der Waals surface area contributed by atoms with Gasteiger partial charge in [0.1, 0.15) is 49.4 Å². The third kappa shape index (κ3) is 8.81. The summed E-state index contributed by atoms with van der Waals surface area (Å²) in [7, 11) is 0. The minimum Gasteiger partial charge on any atom is -0.656 e. The molecule has 5 heterocycles. The number of halogens is 20. The fraction of sp³-hybridized carbons (Fsp3) is 1.00. The van der Waals surface area contributed by atoms with Gasteiger partial charge in [0.25, 0.3) is 0 Å². The topological polar surface area (TPSA) is 56.4 Å². The summed E-state index contributed by atoms with van der Waals surface area (Å²) in [6.45, 7) is 0. The summed E-state index contributed by atoms with van der Waals surface area (Å²) in [4.78, 5) is 0. The summed E-state index contributed by atoms with van der Waals surface area (Å²) in [6.07, 6.45) is -67.2. The summed E-state index contributed by atoms with van der Waals surface area (Å²) in [5.74, 6) is -17.0. The fourth-order valence-corrected chi connectivity index (χ4v) is 14.6. The molecule has 5 aliphatic heterocycles. The monoisotopic (exact) mass is 1070 g/mol. The maximum Gasteiger partial charge on any atom is 0.168 e. The van der Waals surface area contributed by atoms with Crippen molar-refractivity contribution >= 4 is 0 Å². The average Bonchev–Trinajstić information content (AvgIpc) is 4.18. The van der Waals surface area contributed by atoms with Gasteiger partial charge in [0.15, 0.2) is 74.1 Å². The molecule has 4 nitrogen and oxygen atoms in total. The molecule has 4 saturated carbocycles. The van der Waals surface area contributed by atoms with Gasteiger partial charge >= 0.3 is 0 Å². The Morgan fingerprint density at radius 1 is 0.159 bits per heavy atom. The molecule has 0 spiro atoms. The van der Waals surface area contributed by atoms with Crippen molar-refractivity contribution in [2.45, 2.75) is 223 Å². The smallest absolute Gasteiger partial charge is 0.168 e. The van der Waals surface area contributed by atoms with Crippen molar-refractivity contribution in [2.75, 3.05) is 0 Å². The van der Waals surface area contributed by atoms with Crippen LogP contribution in [0.25, 0.3) is 21.3 Å². The first-order chi connectivity index (χ1) is 32.1. The van der Waals surface area contributed by atoms with E-state index < -0.39 is 219 Å². The minimum absolute atomic E-state index is 0. The van der Waals surface area contributed by atoms with E-state index in [0.29, 0.717) is 0 Å². The van der Waals surface area contributed by atoms with Crippen LogP contribution >= 0.6 is 0 Å². The molecule has 24 unspecified atom stereocenters. The number of nitrogens with zero attached hydrogens (tertiary/aromatic N) is 4. The molecule has 5 saturated heterocycles. The molecule has 0 radical (unpaired) electrons. The van der Waals surface area contributed by atoms with E-state index in [9.17, 15) is 17.6 Å². The Bertz CT molecular complexity index is 1400. The first kappa shape index (κ1) is 54.2. The molecule has 4 aliphatic carbocycles.